The Kier molecular flexibility index (Phi) is 7.00. The molecular formula is C14H22NO5+. The molecule has 0 fully saturated rings. The maximum absolute atomic E-state index is 11.4. The Labute approximate surface area is 118 Å². The van der Waals surface area contributed by atoms with E-state index in [4.69, 9.17) is 9.84 Å². The van der Waals surface area contributed by atoms with Crippen LogP contribution in [0.15, 0.2) is 24.3 Å². The molecule has 20 heavy (non-hydrogen) atoms. The van der Waals surface area contributed by atoms with Crippen LogP contribution < -0.4 is 10.1 Å². The lowest BCUT2D eigenvalue weighted by Gasteiger charge is -2.12. The van der Waals surface area contributed by atoms with Gasteiger partial charge in [0.2, 0.25) is 0 Å². The number of nitrogens with two attached hydrogens (primary N) is 1. The van der Waals surface area contributed by atoms with E-state index >= 15 is 0 Å². The predicted octanol–water partition coefficient (Wildman–Crippen LogP) is -0.843. The van der Waals surface area contributed by atoms with Gasteiger partial charge in [-0.25, -0.2) is 4.79 Å². The summed E-state index contributed by atoms with van der Waals surface area (Å²) in [6.07, 6.45) is -1.05. The number of carbonyl (C=O) groups excluding carboxylic acids is 1. The third-order valence-corrected chi connectivity index (χ3v) is 2.64. The second-order valence-electron chi connectivity index (χ2n) is 4.59. The van der Waals surface area contributed by atoms with Gasteiger partial charge in [0.15, 0.2) is 0 Å². The first-order chi connectivity index (χ1) is 9.52. The summed E-state index contributed by atoms with van der Waals surface area (Å²) in [5, 5.41) is 20.6. The lowest BCUT2D eigenvalue weighted by atomic mass is 10.2. The van der Waals surface area contributed by atoms with Gasteiger partial charge in [-0.05, 0) is 25.1 Å². The molecule has 0 aromatic heterocycles. The van der Waals surface area contributed by atoms with E-state index in [0.29, 0.717) is 24.4 Å². The molecule has 0 unspecified atom stereocenters. The summed E-state index contributed by atoms with van der Waals surface area (Å²) in [5.74, 6) is 0.0729. The van der Waals surface area contributed by atoms with E-state index in [-0.39, 0.29) is 6.61 Å². The van der Waals surface area contributed by atoms with Crippen LogP contribution in [0.3, 0.4) is 0 Å². The standard InChI is InChI=1S/C14H21NO5/c1-10(16)7-15-8-12(17)9-20-13-5-3-4-11(6-13)14(18)19-2/h3-6,10,12,15-17H,7-9H2,1-2H3/p+1/t10-,12-/m1/s1. The summed E-state index contributed by atoms with van der Waals surface area (Å²) in [4.78, 5) is 11.4. The second kappa shape index (κ2) is 8.52. The summed E-state index contributed by atoms with van der Waals surface area (Å²) in [5.41, 5.74) is 0.403. The van der Waals surface area contributed by atoms with Crippen molar-refractivity contribution < 1.29 is 29.8 Å². The number of hydrogen-bond donors (Lipinski definition) is 3. The number of methoxy groups -OCH3 is 1. The van der Waals surface area contributed by atoms with E-state index in [1.165, 1.54) is 7.11 Å². The van der Waals surface area contributed by atoms with E-state index < -0.39 is 18.2 Å². The molecule has 0 radical (unpaired) electrons. The second-order valence-corrected chi connectivity index (χ2v) is 4.59. The van der Waals surface area contributed by atoms with Crippen LogP contribution in [-0.2, 0) is 4.74 Å². The molecule has 0 spiro atoms. The first-order valence-electron chi connectivity index (χ1n) is 6.52. The molecule has 0 amide bonds. The number of ether oxygens (including phenoxy) is 2. The molecule has 0 saturated heterocycles. The number of rotatable bonds is 8. The Hall–Kier alpha value is -1.63. The van der Waals surface area contributed by atoms with E-state index in [9.17, 15) is 9.90 Å². The van der Waals surface area contributed by atoms with Gasteiger partial charge in [0.25, 0.3) is 0 Å². The van der Waals surface area contributed by atoms with Crippen LogP contribution in [0.4, 0.5) is 0 Å². The molecule has 0 saturated carbocycles. The molecule has 112 valence electrons. The van der Waals surface area contributed by atoms with Crippen LogP contribution >= 0.6 is 0 Å². The fourth-order valence-electron chi connectivity index (χ4n) is 1.62. The minimum atomic E-state index is -0.643. The quantitative estimate of drug-likeness (QED) is 0.541. The van der Waals surface area contributed by atoms with Crippen molar-refractivity contribution in [1.29, 1.82) is 0 Å². The molecule has 0 aliphatic carbocycles. The zero-order valence-corrected chi connectivity index (χ0v) is 11.8. The highest BCUT2D eigenvalue weighted by atomic mass is 16.5. The molecular weight excluding hydrogens is 262 g/mol. The summed E-state index contributed by atoms with van der Waals surface area (Å²) < 4.78 is 10.0. The number of carbonyl (C=O) groups is 1. The van der Waals surface area contributed by atoms with Crippen LogP contribution in [0, 0.1) is 0 Å². The van der Waals surface area contributed by atoms with E-state index in [2.05, 4.69) is 4.74 Å². The Morgan fingerprint density at radius 2 is 2.10 bits per heavy atom. The van der Waals surface area contributed by atoms with Crippen LogP contribution in [0.25, 0.3) is 0 Å². The van der Waals surface area contributed by atoms with Gasteiger partial charge in [-0.3, -0.25) is 0 Å². The largest absolute Gasteiger partial charge is 0.491 e. The van der Waals surface area contributed by atoms with Crippen molar-refractivity contribution in [3.05, 3.63) is 29.8 Å². The van der Waals surface area contributed by atoms with Crippen LogP contribution in [0.1, 0.15) is 17.3 Å². The fraction of sp³-hybridized carbons (Fsp3) is 0.500. The van der Waals surface area contributed by atoms with Crippen molar-refractivity contribution in [2.75, 3.05) is 26.8 Å². The normalized spacial score (nSPS) is 13.6. The highest BCUT2D eigenvalue weighted by Crippen LogP contribution is 2.14. The van der Waals surface area contributed by atoms with Crippen molar-refractivity contribution in [1.82, 2.24) is 0 Å². The first-order valence-corrected chi connectivity index (χ1v) is 6.52. The van der Waals surface area contributed by atoms with Gasteiger partial charge in [0, 0.05) is 0 Å². The predicted molar refractivity (Wildman–Crippen MR) is 72.6 cm³/mol. The lowest BCUT2D eigenvalue weighted by molar-refractivity contribution is -0.666. The third kappa shape index (κ3) is 6.01. The number of aliphatic hydroxyl groups is 2. The van der Waals surface area contributed by atoms with Crippen LogP contribution in [-0.4, -0.2) is 55.2 Å². The summed E-state index contributed by atoms with van der Waals surface area (Å²) in [6, 6.07) is 6.59. The van der Waals surface area contributed by atoms with E-state index in [1.54, 1.807) is 31.2 Å². The number of hydrogen-bond acceptors (Lipinski definition) is 5. The molecule has 1 rings (SSSR count). The van der Waals surface area contributed by atoms with E-state index in [0.717, 1.165) is 0 Å². The Morgan fingerprint density at radius 1 is 1.35 bits per heavy atom. The van der Waals surface area contributed by atoms with Crippen molar-refractivity contribution in [3.63, 3.8) is 0 Å². The van der Waals surface area contributed by atoms with Gasteiger partial charge < -0.3 is 25.0 Å². The molecule has 2 atom stereocenters. The summed E-state index contributed by atoms with van der Waals surface area (Å²) in [6.45, 7) is 2.80. The lowest BCUT2D eigenvalue weighted by Crippen LogP contribution is -2.88. The number of quaternary nitrogens is 1. The van der Waals surface area contributed by atoms with Crippen LogP contribution in [0.2, 0.25) is 0 Å². The smallest absolute Gasteiger partial charge is 0.337 e. The Balaban J connectivity index is 2.39. The average molecular weight is 284 g/mol. The maximum atomic E-state index is 11.4. The summed E-state index contributed by atoms with van der Waals surface area (Å²) >= 11 is 0. The fourth-order valence-corrected chi connectivity index (χ4v) is 1.62. The molecule has 0 aliphatic rings. The molecule has 0 aliphatic heterocycles. The molecule has 0 heterocycles. The van der Waals surface area contributed by atoms with Crippen molar-refractivity contribution in [3.8, 4) is 5.75 Å². The molecule has 4 N–H and O–H groups in total. The zero-order valence-electron chi connectivity index (χ0n) is 11.8. The highest BCUT2D eigenvalue weighted by molar-refractivity contribution is 5.89. The minimum Gasteiger partial charge on any atom is -0.491 e. The topological polar surface area (TPSA) is 92.6 Å². The van der Waals surface area contributed by atoms with Gasteiger partial charge in [-0.15, -0.1) is 0 Å². The molecule has 0 bridgehead atoms. The average Bonchev–Trinajstić information content (AvgIpc) is 2.44. The van der Waals surface area contributed by atoms with Crippen LogP contribution in [0.5, 0.6) is 5.75 Å². The molecule has 1 aromatic carbocycles. The number of esters is 1. The van der Waals surface area contributed by atoms with Gasteiger partial charge in [-0.2, -0.15) is 0 Å². The van der Waals surface area contributed by atoms with Gasteiger partial charge in [0.1, 0.15) is 31.5 Å². The van der Waals surface area contributed by atoms with Crippen molar-refractivity contribution >= 4 is 5.97 Å². The minimum absolute atomic E-state index is 0.126. The third-order valence-electron chi connectivity index (χ3n) is 2.64. The Bertz CT molecular complexity index is 422. The van der Waals surface area contributed by atoms with Crippen molar-refractivity contribution in [2.45, 2.75) is 19.1 Å². The molecule has 6 nitrogen and oxygen atoms in total. The zero-order chi connectivity index (χ0) is 15.0. The van der Waals surface area contributed by atoms with Gasteiger partial charge >= 0.3 is 5.97 Å². The van der Waals surface area contributed by atoms with E-state index in [1.807, 2.05) is 5.32 Å². The van der Waals surface area contributed by atoms with Crippen molar-refractivity contribution in [2.24, 2.45) is 0 Å². The first kappa shape index (κ1) is 16.4. The summed E-state index contributed by atoms with van der Waals surface area (Å²) in [7, 11) is 1.32. The number of aliphatic hydroxyl groups excluding tert-OH is 2. The maximum Gasteiger partial charge on any atom is 0.337 e. The monoisotopic (exact) mass is 284 g/mol. The van der Waals surface area contributed by atoms with Gasteiger partial charge in [-0.1, -0.05) is 6.07 Å². The molecule has 1 aromatic rings. The number of benzene rings is 1. The highest BCUT2D eigenvalue weighted by Gasteiger charge is 2.10. The molecule has 6 heteroatoms. The Morgan fingerprint density at radius 3 is 2.75 bits per heavy atom. The SMILES string of the molecule is COC(=O)c1cccc(OC[C@H](O)C[NH2+]C[C@@H](C)O)c1. The van der Waals surface area contributed by atoms with Gasteiger partial charge in [0.05, 0.1) is 18.8 Å².